The normalized spacial score (nSPS) is 12.7. The number of methoxy groups -OCH3 is 1. The molecule has 0 atom stereocenters. The molecule has 0 radical (unpaired) electrons. The lowest BCUT2D eigenvalue weighted by molar-refractivity contribution is 0.284. The van der Waals surface area contributed by atoms with E-state index in [-0.39, 0.29) is 10.6 Å². The number of nitrogens with zero attached hydrogens (tertiary/aromatic N) is 2. The summed E-state index contributed by atoms with van der Waals surface area (Å²) in [7, 11) is -11.4. The number of anilines is 1. The Morgan fingerprint density at radius 1 is 0.938 bits per heavy atom. The van der Waals surface area contributed by atoms with E-state index in [2.05, 4.69) is 19.7 Å². The van der Waals surface area contributed by atoms with E-state index in [4.69, 9.17) is 13.8 Å². The first-order valence-electron chi connectivity index (χ1n) is 8.52. The molecule has 0 saturated carbocycles. The van der Waals surface area contributed by atoms with Gasteiger partial charge in [0.15, 0.2) is 9.84 Å². The van der Waals surface area contributed by atoms with Gasteiger partial charge in [0.1, 0.15) is 17.3 Å². The van der Waals surface area contributed by atoms with Crippen LogP contribution in [-0.2, 0) is 34.5 Å². The van der Waals surface area contributed by atoms with Crippen molar-refractivity contribution in [3.63, 3.8) is 0 Å². The predicted molar refractivity (Wildman–Crippen MR) is 113 cm³/mol. The Morgan fingerprint density at radius 2 is 1.59 bits per heavy atom. The van der Waals surface area contributed by atoms with Crippen molar-refractivity contribution in [2.75, 3.05) is 30.7 Å². The van der Waals surface area contributed by atoms with Gasteiger partial charge in [-0.05, 0) is 36.4 Å². The van der Waals surface area contributed by atoms with Crippen LogP contribution < -0.4 is 10.1 Å². The summed E-state index contributed by atoms with van der Waals surface area (Å²) in [6, 6.07) is 9.66. The van der Waals surface area contributed by atoms with Gasteiger partial charge >= 0.3 is 10.4 Å². The molecule has 2 aromatic carbocycles. The summed E-state index contributed by atoms with van der Waals surface area (Å²) in [5.41, 5.74) is 0.948. The van der Waals surface area contributed by atoms with Gasteiger partial charge in [0, 0.05) is 11.8 Å². The zero-order valence-electron chi connectivity index (χ0n) is 16.4. The molecule has 13 nitrogen and oxygen atoms in total. The van der Waals surface area contributed by atoms with Crippen LogP contribution >= 0.6 is 0 Å². The SMILES string of the molecule is COc1cc(NCS(=O)(=O)O)ccc1N=Nc1ccc(S(=O)(=O)CCOS(=O)(=O)O)cc1. The summed E-state index contributed by atoms with van der Waals surface area (Å²) in [6.07, 6.45) is 0. The van der Waals surface area contributed by atoms with Crippen molar-refractivity contribution in [1.29, 1.82) is 0 Å². The van der Waals surface area contributed by atoms with Crippen LogP contribution in [0.2, 0.25) is 0 Å². The van der Waals surface area contributed by atoms with Crippen molar-refractivity contribution in [3.8, 4) is 5.75 Å². The highest BCUT2D eigenvalue weighted by Gasteiger charge is 2.16. The van der Waals surface area contributed by atoms with Gasteiger partial charge in [0.05, 0.1) is 30.1 Å². The van der Waals surface area contributed by atoms with E-state index in [1.54, 1.807) is 0 Å². The van der Waals surface area contributed by atoms with Crippen molar-refractivity contribution >= 4 is 47.4 Å². The monoisotopic (exact) mass is 509 g/mol. The second-order valence-electron chi connectivity index (χ2n) is 6.05. The van der Waals surface area contributed by atoms with Gasteiger partial charge in [-0.15, -0.1) is 5.11 Å². The molecule has 176 valence electrons. The van der Waals surface area contributed by atoms with Crippen LogP contribution in [0.5, 0.6) is 5.75 Å². The Hall–Kier alpha value is -2.63. The molecule has 0 unspecified atom stereocenters. The van der Waals surface area contributed by atoms with Gasteiger partial charge in [-0.3, -0.25) is 9.11 Å². The molecular weight excluding hydrogens is 490 g/mol. The fourth-order valence-corrected chi connectivity index (χ4v) is 4.08. The molecule has 0 aliphatic heterocycles. The van der Waals surface area contributed by atoms with Gasteiger partial charge in [-0.2, -0.15) is 21.9 Å². The summed E-state index contributed by atoms with van der Waals surface area (Å²) in [4.78, 5) is -0.109. The number of benzene rings is 2. The fourth-order valence-electron chi connectivity index (χ4n) is 2.24. The van der Waals surface area contributed by atoms with Crippen molar-refractivity contribution in [3.05, 3.63) is 42.5 Å². The molecule has 16 heteroatoms. The molecule has 2 rings (SSSR count). The minimum Gasteiger partial charge on any atom is -0.494 e. The number of hydrogen-bond donors (Lipinski definition) is 3. The van der Waals surface area contributed by atoms with Crippen molar-refractivity contribution in [2.24, 2.45) is 10.2 Å². The Bertz CT molecular complexity index is 1290. The molecule has 0 fully saturated rings. The minimum absolute atomic E-state index is 0.109. The van der Waals surface area contributed by atoms with E-state index in [1.807, 2.05) is 0 Å². The molecular formula is C16H19N3O10S3. The molecule has 0 saturated heterocycles. The number of sulfone groups is 1. The second kappa shape index (κ2) is 10.3. The van der Waals surface area contributed by atoms with E-state index in [0.29, 0.717) is 17.1 Å². The van der Waals surface area contributed by atoms with Crippen LogP contribution in [-0.4, -0.2) is 59.7 Å². The Labute approximate surface area is 184 Å². The van der Waals surface area contributed by atoms with Crippen LogP contribution in [0.4, 0.5) is 17.1 Å². The van der Waals surface area contributed by atoms with Crippen LogP contribution in [0, 0.1) is 0 Å². The van der Waals surface area contributed by atoms with Crippen molar-refractivity contribution in [2.45, 2.75) is 4.90 Å². The van der Waals surface area contributed by atoms with Crippen molar-refractivity contribution < 1.29 is 43.3 Å². The maximum Gasteiger partial charge on any atom is 0.397 e. The summed E-state index contributed by atoms with van der Waals surface area (Å²) in [6.45, 7) is -0.739. The number of azo groups is 1. The molecule has 0 amide bonds. The number of nitrogens with one attached hydrogen (secondary N) is 1. The van der Waals surface area contributed by atoms with E-state index in [1.165, 1.54) is 49.6 Å². The van der Waals surface area contributed by atoms with Gasteiger partial charge < -0.3 is 10.1 Å². The molecule has 0 heterocycles. The van der Waals surface area contributed by atoms with E-state index in [0.717, 1.165) is 0 Å². The summed E-state index contributed by atoms with van der Waals surface area (Å²) in [5.74, 6) is -1.09. The highest BCUT2D eigenvalue weighted by Crippen LogP contribution is 2.32. The zero-order valence-corrected chi connectivity index (χ0v) is 18.9. The molecule has 2 aromatic rings. The Balaban J connectivity index is 2.10. The molecule has 0 aromatic heterocycles. The van der Waals surface area contributed by atoms with Crippen LogP contribution in [0.3, 0.4) is 0 Å². The lowest BCUT2D eigenvalue weighted by Gasteiger charge is -2.08. The third-order valence-electron chi connectivity index (χ3n) is 3.69. The summed E-state index contributed by atoms with van der Waals surface area (Å²) < 4.78 is 93.4. The molecule has 3 N–H and O–H groups in total. The van der Waals surface area contributed by atoms with Crippen LogP contribution in [0.15, 0.2) is 57.6 Å². The highest BCUT2D eigenvalue weighted by molar-refractivity contribution is 7.91. The smallest absolute Gasteiger partial charge is 0.397 e. The first-order valence-corrected chi connectivity index (χ1v) is 13.2. The summed E-state index contributed by atoms with van der Waals surface area (Å²) >= 11 is 0. The Morgan fingerprint density at radius 3 is 2.16 bits per heavy atom. The topological polar surface area (TPSA) is 198 Å². The number of rotatable bonds is 11. The van der Waals surface area contributed by atoms with Gasteiger partial charge in [0.2, 0.25) is 0 Å². The first-order chi connectivity index (χ1) is 14.8. The molecule has 32 heavy (non-hydrogen) atoms. The molecule has 0 aliphatic carbocycles. The van der Waals surface area contributed by atoms with Gasteiger partial charge in [-0.1, -0.05) is 0 Å². The summed E-state index contributed by atoms with van der Waals surface area (Å²) in [5, 5.41) is 10.5. The second-order valence-corrected chi connectivity index (χ2v) is 10.7. The number of ether oxygens (including phenoxy) is 1. The average Bonchev–Trinajstić information content (AvgIpc) is 2.69. The van der Waals surface area contributed by atoms with Crippen molar-refractivity contribution in [1.82, 2.24) is 0 Å². The van der Waals surface area contributed by atoms with E-state index < -0.39 is 48.6 Å². The Kier molecular flexibility index (Phi) is 8.27. The van der Waals surface area contributed by atoms with Crippen LogP contribution in [0.1, 0.15) is 0 Å². The van der Waals surface area contributed by atoms with E-state index >= 15 is 0 Å². The maximum absolute atomic E-state index is 12.2. The third kappa shape index (κ3) is 8.48. The van der Waals surface area contributed by atoms with E-state index in [9.17, 15) is 25.3 Å². The highest BCUT2D eigenvalue weighted by atomic mass is 32.3. The quantitative estimate of drug-likeness (QED) is 0.295. The molecule has 0 spiro atoms. The minimum atomic E-state index is -4.73. The number of hydrogen-bond acceptors (Lipinski definition) is 11. The molecule has 0 aliphatic rings. The van der Waals surface area contributed by atoms with Gasteiger partial charge in [0.25, 0.3) is 10.1 Å². The largest absolute Gasteiger partial charge is 0.494 e. The predicted octanol–water partition coefficient (Wildman–Crippen LogP) is 1.96. The van der Waals surface area contributed by atoms with Gasteiger partial charge in [-0.25, -0.2) is 12.6 Å². The maximum atomic E-state index is 12.2. The van der Waals surface area contributed by atoms with Crippen LogP contribution in [0.25, 0.3) is 0 Å². The lowest BCUT2D eigenvalue weighted by atomic mass is 10.2. The lowest BCUT2D eigenvalue weighted by Crippen LogP contribution is -2.15. The fraction of sp³-hybridized carbons (Fsp3) is 0.250. The molecule has 0 bridgehead atoms. The standard InChI is InChI=1S/C16H19N3O10S3/c1-28-16-10-13(17-11-31(22,23)24)4-7-15(16)19-18-12-2-5-14(6-3-12)30(20,21)9-8-29-32(25,26)27/h2-7,10,17H,8-9,11H2,1H3,(H,22,23,24)(H,25,26,27). The zero-order chi connectivity index (χ0) is 24.0. The average molecular weight is 510 g/mol. The first kappa shape index (κ1) is 25.6. The third-order valence-corrected chi connectivity index (χ3v) is 6.36.